The van der Waals surface area contributed by atoms with Crippen LogP contribution in [0.15, 0.2) is 42.7 Å². The van der Waals surface area contributed by atoms with Gasteiger partial charge in [-0.15, -0.1) is 0 Å². The standard InChI is InChI=1S/C21H25N3O4/c1-14-8-16(2-3-19(14)25)11-24-12-17(9-18(13-24)21(27)28)20(26)23-10-15-4-6-22-7-5-15/h2-8,17-18,25H,9-13H2,1H3,(H,23,26)(H,27,28)/t17-,18-/m0/s1. The van der Waals surface area contributed by atoms with E-state index >= 15 is 0 Å². The molecule has 0 aliphatic carbocycles. The topological polar surface area (TPSA) is 103 Å². The van der Waals surface area contributed by atoms with Crippen molar-refractivity contribution >= 4 is 11.9 Å². The zero-order valence-corrected chi connectivity index (χ0v) is 15.8. The normalized spacial score (nSPS) is 19.9. The van der Waals surface area contributed by atoms with Gasteiger partial charge in [0.25, 0.3) is 0 Å². The van der Waals surface area contributed by atoms with E-state index in [1.165, 1.54) is 0 Å². The molecule has 7 heteroatoms. The molecule has 0 spiro atoms. The second-order valence-corrected chi connectivity index (χ2v) is 7.36. The Labute approximate surface area is 164 Å². The molecule has 0 bridgehead atoms. The fourth-order valence-electron chi connectivity index (χ4n) is 3.60. The molecule has 2 aromatic rings. The third kappa shape index (κ3) is 5.07. The smallest absolute Gasteiger partial charge is 0.307 e. The Kier molecular flexibility index (Phi) is 6.26. The van der Waals surface area contributed by atoms with Crippen LogP contribution in [0.5, 0.6) is 5.75 Å². The van der Waals surface area contributed by atoms with Crippen LogP contribution in [0.2, 0.25) is 0 Å². The van der Waals surface area contributed by atoms with Crippen molar-refractivity contribution in [3.63, 3.8) is 0 Å². The van der Waals surface area contributed by atoms with E-state index in [-0.39, 0.29) is 17.6 Å². The summed E-state index contributed by atoms with van der Waals surface area (Å²) in [5.41, 5.74) is 2.71. The number of benzene rings is 1. The van der Waals surface area contributed by atoms with Crippen molar-refractivity contribution < 1.29 is 19.8 Å². The summed E-state index contributed by atoms with van der Waals surface area (Å²) in [5.74, 6) is -1.73. The van der Waals surface area contributed by atoms with E-state index in [1.54, 1.807) is 18.5 Å². The van der Waals surface area contributed by atoms with Crippen LogP contribution in [-0.4, -0.2) is 45.1 Å². The SMILES string of the molecule is Cc1cc(CN2C[C@@H](C(=O)O)C[C@H](C(=O)NCc3ccncc3)C2)ccc1O. The van der Waals surface area contributed by atoms with E-state index in [2.05, 4.69) is 10.3 Å². The molecule has 1 aliphatic heterocycles. The van der Waals surface area contributed by atoms with Crippen molar-refractivity contribution in [2.24, 2.45) is 11.8 Å². The molecule has 0 saturated carbocycles. The molecule has 1 aliphatic rings. The lowest BCUT2D eigenvalue weighted by atomic mass is 9.88. The number of hydrogen-bond donors (Lipinski definition) is 3. The maximum absolute atomic E-state index is 12.7. The second kappa shape index (κ2) is 8.84. The van der Waals surface area contributed by atoms with Gasteiger partial charge in [-0.05, 0) is 48.2 Å². The maximum atomic E-state index is 12.7. The summed E-state index contributed by atoms with van der Waals surface area (Å²) < 4.78 is 0. The number of carboxylic acid groups (broad SMARTS) is 1. The predicted octanol–water partition coefficient (Wildman–Crippen LogP) is 1.93. The average molecular weight is 383 g/mol. The molecule has 3 N–H and O–H groups in total. The van der Waals surface area contributed by atoms with Crippen LogP contribution in [-0.2, 0) is 22.7 Å². The quantitative estimate of drug-likeness (QED) is 0.704. The Hall–Kier alpha value is -2.93. The molecular weight excluding hydrogens is 358 g/mol. The fraction of sp³-hybridized carbons (Fsp3) is 0.381. The highest BCUT2D eigenvalue weighted by Gasteiger charge is 2.35. The second-order valence-electron chi connectivity index (χ2n) is 7.36. The number of amides is 1. The number of piperidine rings is 1. The minimum atomic E-state index is -0.876. The minimum absolute atomic E-state index is 0.130. The monoisotopic (exact) mass is 383 g/mol. The number of likely N-dealkylation sites (tertiary alicyclic amines) is 1. The average Bonchev–Trinajstić information content (AvgIpc) is 2.69. The number of aromatic nitrogens is 1. The van der Waals surface area contributed by atoms with Gasteiger partial charge in [-0.25, -0.2) is 0 Å². The van der Waals surface area contributed by atoms with Gasteiger partial charge < -0.3 is 15.5 Å². The highest BCUT2D eigenvalue weighted by Crippen LogP contribution is 2.25. The molecule has 7 nitrogen and oxygen atoms in total. The number of rotatable bonds is 6. The summed E-state index contributed by atoms with van der Waals surface area (Å²) >= 11 is 0. The molecule has 1 aromatic heterocycles. The summed E-state index contributed by atoms with van der Waals surface area (Å²) in [5, 5.41) is 22.1. The lowest BCUT2D eigenvalue weighted by molar-refractivity contribution is -0.145. The van der Waals surface area contributed by atoms with Crippen LogP contribution in [0.4, 0.5) is 0 Å². The predicted molar refractivity (Wildman–Crippen MR) is 103 cm³/mol. The summed E-state index contributed by atoms with van der Waals surface area (Å²) in [6, 6.07) is 9.02. The van der Waals surface area contributed by atoms with Crippen LogP contribution >= 0.6 is 0 Å². The van der Waals surface area contributed by atoms with Gasteiger partial charge in [0.05, 0.1) is 11.8 Å². The highest BCUT2D eigenvalue weighted by atomic mass is 16.4. The van der Waals surface area contributed by atoms with E-state index < -0.39 is 11.9 Å². The van der Waals surface area contributed by atoms with Gasteiger partial charge in [0.1, 0.15) is 5.75 Å². The van der Waals surface area contributed by atoms with E-state index in [0.29, 0.717) is 32.6 Å². The number of carboxylic acids is 1. The van der Waals surface area contributed by atoms with E-state index in [1.807, 2.05) is 36.1 Å². The Morgan fingerprint density at radius 1 is 1.14 bits per heavy atom. The number of hydrogen-bond acceptors (Lipinski definition) is 5. The number of aliphatic carboxylic acids is 1. The highest BCUT2D eigenvalue weighted by molar-refractivity contribution is 5.80. The molecule has 28 heavy (non-hydrogen) atoms. The zero-order valence-electron chi connectivity index (χ0n) is 15.8. The number of aromatic hydroxyl groups is 1. The van der Waals surface area contributed by atoms with E-state index in [9.17, 15) is 19.8 Å². The molecule has 2 heterocycles. The first-order valence-corrected chi connectivity index (χ1v) is 9.32. The van der Waals surface area contributed by atoms with Crippen molar-refractivity contribution in [3.8, 4) is 5.75 Å². The van der Waals surface area contributed by atoms with Gasteiger partial charge >= 0.3 is 5.97 Å². The Morgan fingerprint density at radius 3 is 2.54 bits per heavy atom. The number of phenols is 1. The van der Waals surface area contributed by atoms with Gasteiger partial charge in [0.2, 0.25) is 5.91 Å². The van der Waals surface area contributed by atoms with Crippen molar-refractivity contribution in [3.05, 3.63) is 59.4 Å². The number of carbonyl (C=O) groups is 2. The molecule has 1 aromatic carbocycles. The molecule has 1 amide bonds. The lowest BCUT2D eigenvalue weighted by Crippen LogP contribution is -2.47. The summed E-state index contributed by atoms with van der Waals surface area (Å²) in [6.45, 7) is 3.67. The number of aryl methyl sites for hydroxylation is 1. The van der Waals surface area contributed by atoms with E-state index in [4.69, 9.17) is 0 Å². The van der Waals surface area contributed by atoms with E-state index in [0.717, 1.165) is 16.7 Å². The van der Waals surface area contributed by atoms with Gasteiger partial charge in [-0.3, -0.25) is 19.5 Å². The Balaban J connectivity index is 1.65. The lowest BCUT2D eigenvalue weighted by Gasteiger charge is -2.35. The number of carbonyl (C=O) groups excluding carboxylic acids is 1. The third-order valence-corrected chi connectivity index (χ3v) is 5.13. The molecule has 0 unspecified atom stereocenters. The van der Waals surface area contributed by atoms with Gasteiger partial charge in [0, 0.05) is 38.6 Å². The van der Waals surface area contributed by atoms with Crippen molar-refractivity contribution in [1.82, 2.24) is 15.2 Å². The first-order valence-electron chi connectivity index (χ1n) is 9.32. The molecule has 1 fully saturated rings. The van der Waals surface area contributed by atoms with Gasteiger partial charge in [0.15, 0.2) is 0 Å². The fourth-order valence-corrected chi connectivity index (χ4v) is 3.60. The first kappa shape index (κ1) is 19.8. The van der Waals surface area contributed by atoms with Crippen molar-refractivity contribution in [1.29, 1.82) is 0 Å². The van der Waals surface area contributed by atoms with Crippen molar-refractivity contribution in [2.45, 2.75) is 26.4 Å². The molecule has 3 rings (SSSR count). The molecule has 148 valence electrons. The first-order chi connectivity index (χ1) is 13.4. The van der Waals surface area contributed by atoms with Crippen LogP contribution in [0.25, 0.3) is 0 Å². The molecule has 1 saturated heterocycles. The summed E-state index contributed by atoms with van der Waals surface area (Å²) in [6.07, 6.45) is 3.68. The van der Waals surface area contributed by atoms with Crippen molar-refractivity contribution in [2.75, 3.05) is 13.1 Å². The largest absolute Gasteiger partial charge is 0.508 e. The third-order valence-electron chi connectivity index (χ3n) is 5.13. The number of pyridine rings is 1. The summed E-state index contributed by atoms with van der Waals surface area (Å²) in [4.78, 5) is 30.2. The number of phenolic OH excluding ortho intramolecular Hbond substituents is 1. The van der Waals surface area contributed by atoms with Gasteiger partial charge in [-0.1, -0.05) is 12.1 Å². The van der Waals surface area contributed by atoms with Gasteiger partial charge in [-0.2, -0.15) is 0 Å². The molecule has 0 radical (unpaired) electrons. The zero-order chi connectivity index (χ0) is 20.1. The van der Waals surface area contributed by atoms with Crippen LogP contribution in [0.3, 0.4) is 0 Å². The van der Waals surface area contributed by atoms with Crippen LogP contribution in [0, 0.1) is 18.8 Å². The minimum Gasteiger partial charge on any atom is -0.508 e. The van der Waals surface area contributed by atoms with Crippen LogP contribution in [0.1, 0.15) is 23.1 Å². The Morgan fingerprint density at radius 2 is 1.86 bits per heavy atom. The Bertz CT molecular complexity index is 841. The number of nitrogens with zero attached hydrogens (tertiary/aromatic N) is 2. The number of nitrogens with one attached hydrogen (secondary N) is 1. The van der Waals surface area contributed by atoms with Crippen LogP contribution < -0.4 is 5.32 Å². The summed E-state index contributed by atoms with van der Waals surface area (Å²) in [7, 11) is 0. The molecule has 2 atom stereocenters. The maximum Gasteiger partial charge on any atom is 0.307 e. The molecular formula is C21H25N3O4.